The summed E-state index contributed by atoms with van der Waals surface area (Å²) in [5, 5.41) is 30.3. The number of hydrogen-bond donors (Lipinski definition) is 4. The predicted octanol–water partition coefficient (Wildman–Crippen LogP) is -2.31. The van der Waals surface area contributed by atoms with Crippen LogP contribution in [0.1, 0.15) is 13.3 Å². The van der Waals surface area contributed by atoms with Crippen molar-refractivity contribution in [2.45, 2.75) is 37.7 Å². The van der Waals surface area contributed by atoms with E-state index in [-0.39, 0.29) is 31.3 Å². The highest BCUT2D eigenvalue weighted by atomic mass is 16.5. The molecule has 0 aliphatic carbocycles. The van der Waals surface area contributed by atoms with Crippen molar-refractivity contribution < 1.29 is 25.4 Å². The zero-order valence-electron chi connectivity index (χ0n) is 9.34. The number of quaternary nitrogens is 1. The van der Waals surface area contributed by atoms with Gasteiger partial charge in [-0.2, -0.15) is 0 Å². The number of aliphatic hydroxyl groups is 3. The fourth-order valence-electron chi connectivity index (χ4n) is 2.40. The Kier molecular flexibility index (Phi) is 4.95. The fourth-order valence-corrected chi connectivity index (χ4v) is 2.40. The first kappa shape index (κ1) is 12.9. The van der Waals surface area contributed by atoms with Gasteiger partial charge < -0.3 is 25.4 Å². The van der Waals surface area contributed by atoms with Crippen molar-refractivity contribution in [2.24, 2.45) is 5.92 Å². The standard InChI is InChI=1S/C10H21NO4/c1-3-6-7(4-12)15-8(5-13)9(11-2)10(6)14/h6-14H,3-5H2,1-2H3/p+1/t6-,7?,8+,9?,10-/m1/s1. The van der Waals surface area contributed by atoms with Crippen molar-refractivity contribution in [3.05, 3.63) is 0 Å². The number of rotatable bonds is 4. The molecule has 1 heterocycles. The summed E-state index contributed by atoms with van der Waals surface area (Å²) >= 11 is 0. The van der Waals surface area contributed by atoms with Crippen molar-refractivity contribution in [3.63, 3.8) is 0 Å². The average molecular weight is 220 g/mol. The molecular formula is C10H22NO4+. The number of hydrogen-bond acceptors (Lipinski definition) is 4. The lowest BCUT2D eigenvalue weighted by Gasteiger charge is -2.41. The highest BCUT2D eigenvalue weighted by molar-refractivity contribution is 4.90. The van der Waals surface area contributed by atoms with Crippen LogP contribution in [0.2, 0.25) is 0 Å². The van der Waals surface area contributed by atoms with Gasteiger partial charge in [0.1, 0.15) is 18.2 Å². The van der Waals surface area contributed by atoms with E-state index < -0.39 is 12.2 Å². The van der Waals surface area contributed by atoms with Crippen LogP contribution in [0.15, 0.2) is 0 Å². The molecule has 90 valence electrons. The van der Waals surface area contributed by atoms with Gasteiger partial charge in [-0.15, -0.1) is 0 Å². The zero-order chi connectivity index (χ0) is 11.4. The second-order valence-electron chi connectivity index (χ2n) is 4.05. The van der Waals surface area contributed by atoms with Gasteiger partial charge in [-0.25, -0.2) is 0 Å². The minimum absolute atomic E-state index is 0.0565. The molecule has 5 heteroatoms. The monoisotopic (exact) mass is 220 g/mol. The summed E-state index contributed by atoms with van der Waals surface area (Å²) in [5.74, 6) is -0.0565. The lowest BCUT2D eigenvalue weighted by molar-refractivity contribution is -0.686. The van der Waals surface area contributed by atoms with Gasteiger partial charge in [0.05, 0.1) is 26.4 Å². The Morgan fingerprint density at radius 1 is 1.20 bits per heavy atom. The summed E-state index contributed by atoms with van der Waals surface area (Å²) in [5.41, 5.74) is 0. The van der Waals surface area contributed by atoms with E-state index in [4.69, 9.17) is 14.9 Å². The quantitative estimate of drug-likeness (QED) is 0.429. The Labute approximate surface area is 90.1 Å². The van der Waals surface area contributed by atoms with Gasteiger partial charge in [0.25, 0.3) is 0 Å². The molecule has 15 heavy (non-hydrogen) atoms. The van der Waals surface area contributed by atoms with Crippen LogP contribution in [0.4, 0.5) is 0 Å². The zero-order valence-corrected chi connectivity index (χ0v) is 9.34. The molecule has 0 saturated carbocycles. The van der Waals surface area contributed by atoms with Gasteiger partial charge in [0.15, 0.2) is 0 Å². The van der Waals surface area contributed by atoms with Crippen LogP contribution in [0.3, 0.4) is 0 Å². The first-order valence-electron chi connectivity index (χ1n) is 5.54. The summed E-state index contributed by atoms with van der Waals surface area (Å²) < 4.78 is 5.57. The van der Waals surface area contributed by atoms with Gasteiger partial charge >= 0.3 is 0 Å². The molecule has 5 N–H and O–H groups in total. The summed E-state index contributed by atoms with van der Waals surface area (Å²) in [6.45, 7) is 1.73. The van der Waals surface area contributed by atoms with Gasteiger partial charge in [-0.05, 0) is 6.42 Å². The molecule has 0 spiro atoms. The molecule has 5 atom stereocenters. The number of ether oxygens (including phenoxy) is 1. The van der Waals surface area contributed by atoms with Crippen LogP contribution in [0.25, 0.3) is 0 Å². The van der Waals surface area contributed by atoms with Crippen molar-refractivity contribution in [1.82, 2.24) is 0 Å². The summed E-state index contributed by atoms with van der Waals surface area (Å²) in [4.78, 5) is 0. The Hall–Kier alpha value is -0.200. The van der Waals surface area contributed by atoms with Crippen LogP contribution < -0.4 is 5.32 Å². The van der Waals surface area contributed by atoms with Crippen LogP contribution in [-0.4, -0.2) is 59.9 Å². The van der Waals surface area contributed by atoms with Crippen molar-refractivity contribution in [1.29, 1.82) is 0 Å². The second-order valence-corrected chi connectivity index (χ2v) is 4.05. The molecule has 0 radical (unpaired) electrons. The van der Waals surface area contributed by atoms with E-state index in [1.54, 1.807) is 0 Å². The first-order valence-corrected chi connectivity index (χ1v) is 5.54. The summed E-state index contributed by atoms with van der Waals surface area (Å²) in [6, 6.07) is -0.150. The molecule has 1 aliphatic rings. The Balaban J connectivity index is 2.76. The lowest BCUT2D eigenvalue weighted by Crippen LogP contribution is -2.94. The van der Waals surface area contributed by atoms with Crippen LogP contribution in [0.5, 0.6) is 0 Å². The Bertz CT molecular complexity index is 172. The highest BCUT2D eigenvalue weighted by Gasteiger charge is 2.45. The maximum Gasteiger partial charge on any atom is 0.141 e. The fraction of sp³-hybridized carbons (Fsp3) is 1.00. The van der Waals surface area contributed by atoms with E-state index in [1.165, 1.54) is 0 Å². The molecule has 5 nitrogen and oxygen atoms in total. The molecule has 1 aliphatic heterocycles. The minimum Gasteiger partial charge on any atom is -0.394 e. The van der Waals surface area contributed by atoms with Crippen LogP contribution in [-0.2, 0) is 4.74 Å². The van der Waals surface area contributed by atoms with Crippen LogP contribution >= 0.6 is 0 Å². The molecule has 0 aromatic heterocycles. The third kappa shape index (κ3) is 2.49. The maximum absolute atomic E-state index is 10.1. The van der Waals surface area contributed by atoms with Gasteiger partial charge in [-0.3, -0.25) is 0 Å². The molecule has 0 bridgehead atoms. The van der Waals surface area contributed by atoms with Crippen molar-refractivity contribution in [2.75, 3.05) is 20.3 Å². The smallest absolute Gasteiger partial charge is 0.141 e. The highest BCUT2D eigenvalue weighted by Crippen LogP contribution is 2.26. The number of aliphatic hydroxyl groups excluding tert-OH is 3. The predicted molar refractivity (Wildman–Crippen MR) is 54.3 cm³/mol. The SMILES string of the molecule is CC[C@@H]1C(CO)O[C@@H](CO)C([NH2+]C)[C@@H]1O. The normalized spacial score (nSPS) is 41.8. The molecule has 0 amide bonds. The topological polar surface area (TPSA) is 86.5 Å². The molecule has 0 aromatic rings. The number of nitrogens with two attached hydrogens (primary N) is 1. The number of likely N-dealkylation sites (N-methyl/N-ethyl adjacent to an activating group) is 1. The largest absolute Gasteiger partial charge is 0.394 e. The minimum atomic E-state index is -0.539. The summed E-state index contributed by atoms with van der Waals surface area (Å²) in [6.07, 6.45) is -0.541. The van der Waals surface area contributed by atoms with Crippen molar-refractivity contribution >= 4 is 0 Å². The summed E-state index contributed by atoms with van der Waals surface area (Å²) in [7, 11) is 1.85. The van der Waals surface area contributed by atoms with Crippen molar-refractivity contribution in [3.8, 4) is 0 Å². The third-order valence-electron chi connectivity index (χ3n) is 3.31. The van der Waals surface area contributed by atoms with Gasteiger partial charge in [-0.1, -0.05) is 6.92 Å². The van der Waals surface area contributed by atoms with E-state index in [1.807, 2.05) is 19.3 Å². The molecule has 1 fully saturated rings. The first-order chi connectivity index (χ1) is 7.19. The Morgan fingerprint density at radius 3 is 2.20 bits per heavy atom. The van der Waals surface area contributed by atoms with E-state index in [0.717, 1.165) is 6.42 Å². The van der Waals surface area contributed by atoms with E-state index in [0.29, 0.717) is 0 Å². The van der Waals surface area contributed by atoms with Crippen LogP contribution in [0, 0.1) is 5.92 Å². The molecular weight excluding hydrogens is 198 g/mol. The van der Waals surface area contributed by atoms with E-state index >= 15 is 0 Å². The molecule has 1 saturated heterocycles. The molecule has 2 unspecified atom stereocenters. The van der Waals surface area contributed by atoms with E-state index in [2.05, 4.69) is 0 Å². The third-order valence-corrected chi connectivity index (χ3v) is 3.31. The maximum atomic E-state index is 10.1. The molecule has 1 rings (SSSR count). The van der Waals surface area contributed by atoms with Gasteiger partial charge in [0.2, 0.25) is 0 Å². The second kappa shape index (κ2) is 5.77. The van der Waals surface area contributed by atoms with E-state index in [9.17, 15) is 5.11 Å². The lowest BCUT2D eigenvalue weighted by atomic mass is 9.84. The molecule has 0 aromatic carbocycles. The van der Waals surface area contributed by atoms with Gasteiger partial charge in [0, 0.05) is 5.92 Å². The Morgan fingerprint density at radius 2 is 1.80 bits per heavy atom. The average Bonchev–Trinajstić information content (AvgIpc) is 2.27.